The summed E-state index contributed by atoms with van der Waals surface area (Å²) in [5.74, 6) is -0.413. The molecule has 3 N–H and O–H groups in total. The number of rotatable bonds is 7. The summed E-state index contributed by atoms with van der Waals surface area (Å²) in [6, 6.07) is 6.05. The lowest BCUT2D eigenvalue weighted by Crippen LogP contribution is -2.44. The van der Waals surface area contributed by atoms with Gasteiger partial charge >= 0.3 is 0 Å². The lowest BCUT2D eigenvalue weighted by molar-refractivity contribution is -0.119. The number of hydrogen-bond acceptors (Lipinski definition) is 3. The lowest BCUT2D eigenvalue weighted by Gasteiger charge is -2.39. The summed E-state index contributed by atoms with van der Waals surface area (Å²) in [6.45, 7) is 8.02. The first-order valence-corrected chi connectivity index (χ1v) is 11.3. The van der Waals surface area contributed by atoms with Crippen LogP contribution in [-0.4, -0.2) is 31.6 Å². The van der Waals surface area contributed by atoms with Crippen LogP contribution in [0.5, 0.6) is 0 Å². The molecule has 3 rings (SSSR count). The van der Waals surface area contributed by atoms with E-state index in [1.165, 1.54) is 18.4 Å². The molecule has 0 atom stereocenters. The Morgan fingerprint density at radius 2 is 1.83 bits per heavy atom. The molecule has 1 saturated heterocycles. The van der Waals surface area contributed by atoms with Crippen molar-refractivity contribution >= 4 is 17.4 Å². The van der Waals surface area contributed by atoms with Gasteiger partial charge in [0.2, 0.25) is 11.8 Å². The van der Waals surface area contributed by atoms with E-state index in [1.54, 1.807) is 6.92 Å². The Morgan fingerprint density at radius 1 is 1.13 bits per heavy atom. The summed E-state index contributed by atoms with van der Waals surface area (Å²) in [5.41, 5.74) is 9.88. The Kier molecular flexibility index (Phi) is 7.02. The first kappa shape index (κ1) is 22.5. The van der Waals surface area contributed by atoms with Crippen molar-refractivity contribution in [3.8, 4) is 0 Å². The largest absolute Gasteiger partial charge is 0.381 e. The fourth-order valence-corrected chi connectivity index (χ4v) is 5.06. The summed E-state index contributed by atoms with van der Waals surface area (Å²) >= 11 is 0. The van der Waals surface area contributed by atoms with Gasteiger partial charge in [-0.25, -0.2) is 0 Å². The second kappa shape index (κ2) is 9.34. The minimum atomic E-state index is -0.386. The minimum Gasteiger partial charge on any atom is -0.381 e. The SMILES string of the molecule is CCC1(CC)CC=C(c2cc(C3(CNC(C)=O)CCOCC3)ccc2C(N)=O)CC1. The van der Waals surface area contributed by atoms with Crippen LogP contribution in [-0.2, 0) is 14.9 Å². The van der Waals surface area contributed by atoms with Crippen LogP contribution in [0.15, 0.2) is 24.3 Å². The zero-order chi connectivity index (χ0) is 21.8. The number of benzene rings is 1. The number of allylic oxidation sites excluding steroid dienone is 2. The van der Waals surface area contributed by atoms with E-state index < -0.39 is 0 Å². The Morgan fingerprint density at radius 3 is 2.37 bits per heavy atom. The summed E-state index contributed by atoms with van der Waals surface area (Å²) in [5, 5.41) is 3.02. The van der Waals surface area contributed by atoms with Crippen molar-refractivity contribution in [2.24, 2.45) is 11.1 Å². The highest BCUT2D eigenvalue weighted by Crippen LogP contribution is 2.45. The fourth-order valence-electron chi connectivity index (χ4n) is 5.06. The Balaban J connectivity index is 2.01. The molecule has 0 bridgehead atoms. The van der Waals surface area contributed by atoms with Crippen molar-refractivity contribution in [1.82, 2.24) is 5.32 Å². The molecule has 2 amide bonds. The number of ether oxygens (including phenoxy) is 1. The average Bonchev–Trinajstić information content (AvgIpc) is 2.78. The standard InChI is InChI=1S/C25H36N2O3/c1-4-24(5-2)10-8-19(9-11-24)22-16-20(6-7-21(22)23(26)29)25(17-27-18(3)28)12-14-30-15-13-25/h6-8,16H,4-5,9-15,17H2,1-3H3,(H2,26,29)(H,27,28). The highest BCUT2D eigenvalue weighted by Gasteiger charge is 2.36. The molecular weight excluding hydrogens is 376 g/mol. The summed E-state index contributed by atoms with van der Waals surface area (Å²) in [6.07, 6.45) is 9.51. The molecule has 0 spiro atoms. The lowest BCUT2D eigenvalue weighted by atomic mass is 9.69. The molecule has 1 aliphatic heterocycles. The van der Waals surface area contributed by atoms with Gasteiger partial charge in [-0.3, -0.25) is 9.59 Å². The zero-order valence-electron chi connectivity index (χ0n) is 18.7. The second-order valence-electron chi connectivity index (χ2n) is 9.07. The monoisotopic (exact) mass is 412 g/mol. The quantitative estimate of drug-likeness (QED) is 0.699. The van der Waals surface area contributed by atoms with Gasteiger partial charge in [0.1, 0.15) is 0 Å². The molecule has 2 aliphatic rings. The predicted octanol–water partition coefficient (Wildman–Crippen LogP) is 4.34. The maximum atomic E-state index is 12.2. The van der Waals surface area contributed by atoms with Crippen LogP contribution in [0.3, 0.4) is 0 Å². The molecule has 0 radical (unpaired) electrons. The van der Waals surface area contributed by atoms with E-state index in [2.05, 4.69) is 31.3 Å². The molecule has 164 valence electrons. The Hall–Kier alpha value is -2.14. The zero-order valence-corrected chi connectivity index (χ0v) is 18.7. The van der Waals surface area contributed by atoms with Gasteiger partial charge < -0.3 is 15.8 Å². The van der Waals surface area contributed by atoms with Crippen LogP contribution >= 0.6 is 0 Å². The predicted molar refractivity (Wildman–Crippen MR) is 120 cm³/mol. The highest BCUT2D eigenvalue weighted by molar-refractivity contribution is 5.98. The van der Waals surface area contributed by atoms with E-state index in [0.717, 1.165) is 43.2 Å². The molecule has 0 unspecified atom stereocenters. The molecule has 1 fully saturated rings. The van der Waals surface area contributed by atoms with Crippen LogP contribution in [0, 0.1) is 5.41 Å². The maximum absolute atomic E-state index is 12.2. The molecule has 1 heterocycles. The third-order valence-corrected chi connectivity index (χ3v) is 7.58. The summed E-state index contributed by atoms with van der Waals surface area (Å²) in [4.78, 5) is 23.8. The molecule has 1 aliphatic carbocycles. The first-order valence-electron chi connectivity index (χ1n) is 11.3. The summed E-state index contributed by atoms with van der Waals surface area (Å²) < 4.78 is 5.61. The van der Waals surface area contributed by atoms with Crippen LogP contribution < -0.4 is 11.1 Å². The summed E-state index contributed by atoms with van der Waals surface area (Å²) in [7, 11) is 0. The molecule has 0 saturated carbocycles. The molecule has 0 aromatic heterocycles. The van der Waals surface area contributed by atoms with Crippen LogP contribution in [0.25, 0.3) is 5.57 Å². The molecule has 5 nitrogen and oxygen atoms in total. The molecule has 1 aromatic rings. The maximum Gasteiger partial charge on any atom is 0.249 e. The van der Waals surface area contributed by atoms with Crippen molar-refractivity contribution in [3.05, 3.63) is 41.0 Å². The van der Waals surface area contributed by atoms with Crippen molar-refractivity contribution in [2.45, 2.75) is 71.1 Å². The van der Waals surface area contributed by atoms with Gasteiger partial charge in [-0.15, -0.1) is 0 Å². The van der Waals surface area contributed by atoms with Crippen molar-refractivity contribution in [2.75, 3.05) is 19.8 Å². The number of carbonyl (C=O) groups is 2. The molecular formula is C25H36N2O3. The van der Waals surface area contributed by atoms with E-state index >= 15 is 0 Å². The van der Waals surface area contributed by atoms with Crippen molar-refractivity contribution in [1.29, 1.82) is 0 Å². The van der Waals surface area contributed by atoms with Gasteiger partial charge in [0, 0.05) is 37.7 Å². The number of nitrogens with two attached hydrogens (primary N) is 1. The van der Waals surface area contributed by atoms with Crippen LogP contribution in [0.4, 0.5) is 0 Å². The molecule has 1 aromatic carbocycles. The van der Waals surface area contributed by atoms with Gasteiger partial charge in [0.05, 0.1) is 0 Å². The van der Waals surface area contributed by atoms with Gasteiger partial charge in [-0.05, 0) is 60.3 Å². The third kappa shape index (κ3) is 4.61. The number of hydrogen-bond donors (Lipinski definition) is 2. The fraction of sp³-hybridized carbons (Fsp3) is 0.600. The normalized spacial score (nSPS) is 20.3. The van der Waals surface area contributed by atoms with Crippen LogP contribution in [0.2, 0.25) is 0 Å². The Bertz CT molecular complexity index is 818. The topological polar surface area (TPSA) is 81.4 Å². The van der Waals surface area contributed by atoms with Gasteiger partial charge in [-0.1, -0.05) is 44.9 Å². The third-order valence-electron chi connectivity index (χ3n) is 7.58. The van der Waals surface area contributed by atoms with E-state index in [0.29, 0.717) is 30.7 Å². The van der Waals surface area contributed by atoms with E-state index in [4.69, 9.17) is 10.5 Å². The van der Waals surface area contributed by atoms with Crippen molar-refractivity contribution in [3.63, 3.8) is 0 Å². The highest BCUT2D eigenvalue weighted by atomic mass is 16.5. The smallest absolute Gasteiger partial charge is 0.249 e. The van der Waals surface area contributed by atoms with E-state index in [9.17, 15) is 9.59 Å². The number of primary amides is 1. The number of nitrogens with one attached hydrogen (secondary N) is 1. The van der Waals surface area contributed by atoms with Gasteiger partial charge in [-0.2, -0.15) is 0 Å². The van der Waals surface area contributed by atoms with Gasteiger partial charge in [0.25, 0.3) is 0 Å². The van der Waals surface area contributed by atoms with Crippen LogP contribution in [0.1, 0.15) is 87.2 Å². The van der Waals surface area contributed by atoms with Gasteiger partial charge in [0.15, 0.2) is 0 Å². The number of carbonyl (C=O) groups excluding carboxylic acids is 2. The van der Waals surface area contributed by atoms with Crippen molar-refractivity contribution < 1.29 is 14.3 Å². The first-order chi connectivity index (χ1) is 14.3. The van der Waals surface area contributed by atoms with E-state index in [1.807, 2.05) is 12.1 Å². The van der Waals surface area contributed by atoms with E-state index in [-0.39, 0.29) is 17.2 Å². The second-order valence-corrected chi connectivity index (χ2v) is 9.07. The number of amides is 2. The Labute approximate surface area is 180 Å². The minimum absolute atomic E-state index is 0.0275. The molecule has 30 heavy (non-hydrogen) atoms. The average molecular weight is 413 g/mol. The molecule has 5 heteroatoms.